The van der Waals surface area contributed by atoms with Gasteiger partial charge in [0.05, 0.1) is 11.4 Å². The highest BCUT2D eigenvalue weighted by atomic mass is 32.2. The maximum Gasteiger partial charge on any atom is 0.184 e. The molecule has 2 aromatic heterocycles. The maximum atomic E-state index is 12.6. The van der Waals surface area contributed by atoms with E-state index in [0.29, 0.717) is 9.71 Å². The van der Waals surface area contributed by atoms with Crippen molar-refractivity contribution in [1.82, 2.24) is 14.3 Å². The molecule has 2 heterocycles. The minimum absolute atomic E-state index is 0.131. The fourth-order valence-corrected chi connectivity index (χ4v) is 5.28. The molecule has 0 aliphatic rings. The quantitative estimate of drug-likeness (QED) is 0.314. The summed E-state index contributed by atoms with van der Waals surface area (Å²) in [6.45, 7) is 9.05. The number of Topliss-reactive ketones (excluding diaryl/α,β-unsaturated/α-hetero) is 1. The van der Waals surface area contributed by atoms with E-state index in [1.54, 1.807) is 4.68 Å². The summed E-state index contributed by atoms with van der Waals surface area (Å²) in [6, 6.07) is 10.00. The zero-order valence-electron chi connectivity index (χ0n) is 15.3. The van der Waals surface area contributed by atoms with Crippen LogP contribution in [0.4, 0.5) is 0 Å². The zero-order valence-corrected chi connectivity index (χ0v) is 17.7. The molecule has 1 aromatic carbocycles. The van der Waals surface area contributed by atoms with Crippen LogP contribution < -0.4 is 0 Å². The second kappa shape index (κ2) is 7.90. The first kappa shape index (κ1) is 19.1. The Bertz CT molecular complexity index is 1010. The first-order valence-electron chi connectivity index (χ1n) is 8.41. The van der Waals surface area contributed by atoms with Gasteiger partial charge in [-0.2, -0.15) is 0 Å². The molecular weight excluding hydrogens is 382 g/mol. The maximum absolute atomic E-state index is 12.6. The molecule has 26 heavy (non-hydrogen) atoms. The molecule has 0 saturated carbocycles. The van der Waals surface area contributed by atoms with Gasteiger partial charge < -0.3 is 4.57 Å². The summed E-state index contributed by atoms with van der Waals surface area (Å²) in [5.74, 6) is 0.496. The van der Waals surface area contributed by atoms with E-state index in [1.807, 2.05) is 51.1 Å². The van der Waals surface area contributed by atoms with Gasteiger partial charge >= 0.3 is 0 Å². The van der Waals surface area contributed by atoms with Crippen molar-refractivity contribution < 1.29 is 4.79 Å². The number of aryl methyl sites for hydroxylation is 2. The van der Waals surface area contributed by atoms with Crippen molar-refractivity contribution in [3.8, 4) is 5.69 Å². The number of rotatable bonds is 6. The van der Waals surface area contributed by atoms with Crippen molar-refractivity contribution in [3.63, 3.8) is 0 Å². The number of hydrogen-bond donors (Lipinski definition) is 0. The number of para-hydroxylation sites is 1. The number of aromatic nitrogens is 3. The molecule has 0 amide bonds. The monoisotopic (exact) mass is 403 g/mol. The molecule has 7 heteroatoms. The Balaban J connectivity index is 1.77. The molecule has 0 aliphatic heterocycles. The molecule has 0 N–H and O–H groups in total. The van der Waals surface area contributed by atoms with Crippen molar-refractivity contribution in [2.24, 2.45) is 0 Å². The lowest BCUT2D eigenvalue weighted by Gasteiger charge is -2.05. The zero-order chi connectivity index (χ0) is 18.8. The van der Waals surface area contributed by atoms with Crippen LogP contribution in [0.3, 0.4) is 0 Å². The highest BCUT2D eigenvalue weighted by Crippen LogP contribution is 2.26. The molecule has 4 nitrogen and oxygen atoms in total. The Morgan fingerprint density at radius 1 is 1.27 bits per heavy atom. The van der Waals surface area contributed by atoms with Gasteiger partial charge in [-0.3, -0.25) is 4.79 Å². The van der Waals surface area contributed by atoms with Gasteiger partial charge in [0, 0.05) is 23.5 Å². The van der Waals surface area contributed by atoms with Crippen LogP contribution in [0.2, 0.25) is 0 Å². The average molecular weight is 404 g/mol. The van der Waals surface area contributed by atoms with E-state index >= 15 is 0 Å². The average Bonchev–Trinajstić information content (AvgIpc) is 3.12. The van der Waals surface area contributed by atoms with Crippen LogP contribution in [-0.4, -0.2) is 25.9 Å². The van der Waals surface area contributed by atoms with Crippen molar-refractivity contribution in [2.75, 3.05) is 5.75 Å². The summed E-state index contributed by atoms with van der Waals surface area (Å²) in [7, 11) is 0. The molecule has 0 spiro atoms. The van der Waals surface area contributed by atoms with Gasteiger partial charge in [-0.15, -0.1) is 5.10 Å². The highest BCUT2D eigenvalue weighted by molar-refractivity contribution is 8.01. The summed E-state index contributed by atoms with van der Waals surface area (Å²) < 4.78 is 5.45. The van der Waals surface area contributed by atoms with Gasteiger partial charge in [-0.25, -0.2) is 4.68 Å². The fourth-order valence-electron chi connectivity index (χ4n) is 3.05. The molecule has 0 bridgehead atoms. The summed E-state index contributed by atoms with van der Waals surface area (Å²) >= 11 is 8.36. The standard InChI is InChI=1S/C19H21N3OS3/c1-5-21-13(3)10-15(14(21)4)17(23)11-25-18-20-22(19(24)26-18)16-9-7-6-8-12(16)2/h6-10H,5,11H2,1-4H3. The third kappa shape index (κ3) is 3.70. The van der Waals surface area contributed by atoms with Crippen LogP contribution in [0.1, 0.15) is 34.2 Å². The van der Waals surface area contributed by atoms with Gasteiger partial charge in [0.15, 0.2) is 14.1 Å². The van der Waals surface area contributed by atoms with E-state index in [-0.39, 0.29) is 5.78 Å². The van der Waals surface area contributed by atoms with Crippen molar-refractivity contribution >= 4 is 41.1 Å². The largest absolute Gasteiger partial charge is 0.349 e. The molecule has 0 radical (unpaired) electrons. The molecule has 3 aromatic rings. The third-order valence-electron chi connectivity index (χ3n) is 4.39. The van der Waals surface area contributed by atoms with E-state index in [2.05, 4.69) is 16.6 Å². The smallest absolute Gasteiger partial charge is 0.184 e. The van der Waals surface area contributed by atoms with E-state index in [1.165, 1.54) is 23.1 Å². The molecule has 136 valence electrons. The number of thioether (sulfide) groups is 1. The minimum Gasteiger partial charge on any atom is -0.349 e. The summed E-state index contributed by atoms with van der Waals surface area (Å²) in [5, 5.41) is 4.60. The summed E-state index contributed by atoms with van der Waals surface area (Å²) in [4.78, 5) is 12.6. The first-order valence-corrected chi connectivity index (χ1v) is 10.6. The molecule has 0 atom stereocenters. The SMILES string of the molecule is CCn1c(C)cc(C(=O)CSc2nn(-c3ccccc3C)c(=S)s2)c1C. The van der Waals surface area contributed by atoms with Crippen LogP contribution in [0.15, 0.2) is 34.7 Å². The Hall–Kier alpha value is -1.70. The van der Waals surface area contributed by atoms with E-state index in [0.717, 1.165) is 39.1 Å². The van der Waals surface area contributed by atoms with Gasteiger partial charge in [-0.05, 0) is 57.6 Å². The number of benzene rings is 1. The number of carbonyl (C=O) groups is 1. The molecule has 0 aliphatic carbocycles. The fraction of sp³-hybridized carbons (Fsp3) is 0.316. The van der Waals surface area contributed by atoms with Gasteiger partial charge in [-0.1, -0.05) is 41.3 Å². The van der Waals surface area contributed by atoms with Crippen molar-refractivity contribution in [2.45, 2.75) is 38.6 Å². The molecule has 0 saturated heterocycles. The Kier molecular flexibility index (Phi) is 5.79. The lowest BCUT2D eigenvalue weighted by molar-refractivity contribution is 0.102. The van der Waals surface area contributed by atoms with Crippen LogP contribution in [-0.2, 0) is 6.54 Å². The van der Waals surface area contributed by atoms with Crippen LogP contribution in [0.5, 0.6) is 0 Å². The Labute approximate surface area is 166 Å². The number of nitrogens with zero attached hydrogens (tertiary/aromatic N) is 3. The summed E-state index contributed by atoms with van der Waals surface area (Å²) in [6.07, 6.45) is 0. The second-order valence-electron chi connectivity index (χ2n) is 6.07. The number of carbonyl (C=O) groups excluding carboxylic acids is 1. The predicted octanol–water partition coefficient (Wildman–Crippen LogP) is 5.38. The van der Waals surface area contributed by atoms with Crippen LogP contribution >= 0.6 is 35.3 Å². The van der Waals surface area contributed by atoms with E-state index in [9.17, 15) is 4.79 Å². The van der Waals surface area contributed by atoms with Crippen molar-refractivity contribution in [1.29, 1.82) is 0 Å². The van der Waals surface area contributed by atoms with Gasteiger partial charge in [0.2, 0.25) is 0 Å². The molecule has 0 fully saturated rings. The number of ketones is 1. The first-order chi connectivity index (χ1) is 12.4. The van der Waals surface area contributed by atoms with E-state index in [4.69, 9.17) is 12.2 Å². The predicted molar refractivity (Wildman–Crippen MR) is 112 cm³/mol. The topological polar surface area (TPSA) is 39.8 Å². The molecular formula is C19H21N3OS3. The second-order valence-corrected chi connectivity index (χ2v) is 8.92. The Morgan fingerprint density at radius 3 is 2.65 bits per heavy atom. The van der Waals surface area contributed by atoms with E-state index < -0.39 is 0 Å². The lowest BCUT2D eigenvalue weighted by Crippen LogP contribution is -2.06. The highest BCUT2D eigenvalue weighted by Gasteiger charge is 2.16. The lowest BCUT2D eigenvalue weighted by atomic mass is 10.2. The van der Waals surface area contributed by atoms with Gasteiger partial charge in [0.25, 0.3) is 0 Å². The molecule has 3 rings (SSSR count). The molecule has 0 unspecified atom stereocenters. The normalized spacial score (nSPS) is 11.1. The third-order valence-corrected chi connectivity index (χ3v) is 6.76. The van der Waals surface area contributed by atoms with Gasteiger partial charge in [0.1, 0.15) is 0 Å². The van der Waals surface area contributed by atoms with Crippen molar-refractivity contribution in [3.05, 3.63) is 56.8 Å². The Morgan fingerprint density at radius 2 is 2.00 bits per heavy atom. The van der Waals surface area contributed by atoms with Crippen LogP contribution in [0.25, 0.3) is 5.69 Å². The minimum atomic E-state index is 0.131. The summed E-state index contributed by atoms with van der Waals surface area (Å²) in [5.41, 5.74) is 5.07. The number of hydrogen-bond acceptors (Lipinski definition) is 5. The van der Waals surface area contributed by atoms with Crippen LogP contribution in [0, 0.1) is 24.7 Å².